The Hall–Kier alpha value is -2.30. The highest BCUT2D eigenvalue weighted by molar-refractivity contribution is 5.87. The number of H-pyrrole nitrogens is 1. The van der Waals surface area contributed by atoms with Crippen molar-refractivity contribution >= 4 is 22.6 Å². The molecule has 3 rings (SSSR count). The lowest BCUT2D eigenvalue weighted by Crippen LogP contribution is -2.48. The van der Waals surface area contributed by atoms with E-state index in [9.17, 15) is 26.7 Å². The van der Waals surface area contributed by atoms with Crippen LogP contribution < -0.4 is 5.01 Å². The number of fused-ring (bicyclic) bond motifs is 1. The molecule has 6 nitrogen and oxygen atoms in total. The highest BCUT2D eigenvalue weighted by atomic mass is 19.4. The smallest absolute Gasteiger partial charge is 0.346 e. The molecule has 0 radical (unpaired) electrons. The number of hydrogen-bond acceptors (Lipinski definition) is 5. The summed E-state index contributed by atoms with van der Waals surface area (Å²) in [7, 11) is 1.76. The van der Waals surface area contributed by atoms with E-state index in [1.165, 1.54) is 6.33 Å². The third kappa shape index (κ3) is 4.08. The van der Waals surface area contributed by atoms with Crippen LogP contribution in [0.1, 0.15) is 25.7 Å². The summed E-state index contributed by atoms with van der Waals surface area (Å²) in [6.45, 7) is 0.859. The second-order valence-corrected chi connectivity index (χ2v) is 6.88. The lowest BCUT2D eigenvalue weighted by molar-refractivity contribution is -0.284. The number of halogens is 5. The van der Waals surface area contributed by atoms with Crippen LogP contribution in [-0.2, 0) is 4.79 Å². The van der Waals surface area contributed by atoms with Gasteiger partial charge < -0.3 is 4.98 Å². The number of ketones is 1. The molecule has 28 heavy (non-hydrogen) atoms. The Morgan fingerprint density at radius 3 is 2.79 bits per heavy atom. The zero-order valence-electron chi connectivity index (χ0n) is 15.1. The first-order valence-corrected chi connectivity index (χ1v) is 8.84. The molecule has 3 heterocycles. The number of nitrogens with one attached hydrogen (secondary N) is 1. The Labute approximate surface area is 157 Å². The summed E-state index contributed by atoms with van der Waals surface area (Å²) in [4.78, 5) is 23.6. The normalized spacial score (nSPS) is 19.1. The van der Waals surface area contributed by atoms with Gasteiger partial charge in [-0.15, -0.1) is 0 Å². The maximum absolute atomic E-state index is 13.1. The molecule has 1 aliphatic rings. The summed E-state index contributed by atoms with van der Waals surface area (Å²) >= 11 is 0. The fourth-order valence-electron chi connectivity index (χ4n) is 3.37. The quantitative estimate of drug-likeness (QED) is 0.745. The first-order valence-electron chi connectivity index (χ1n) is 8.84. The molecular formula is C17H20F5N5O. The molecule has 0 aromatic carbocycles. The fourth-order valence-corrected chi connectivity index (χ4v) is 3.37. The van der Waals surface area contributed by atoms with Crippen LogP contribution in [0.15, 0.2) is 18.6 Å². The van der Waals surface area contributed by atoms with Crippen molar-refractivity contribution in [1.82, 2.24) is 20.0 Å². The summed E-state index contributed by atoms with van der Waals surface area (Å²) in [5, 5.41) is 4.40. The highest BCUT2D eigenvalue weighted by Gasteiger charge is 2.57. The molecule has 1 atom stereocenters. The number of anilines is 1. The average Bonchev–Trinajstić information content (AvgIpc) is 3.13. The van der Waals surface area contributed by atoms with Crippen LogP contribution in [0.2, 0.25) is 0 Å². The largest absolute Gasteiger partial charge is 0.453 e. The number of nitrogens with zero attached hydrogens (tertiary/aromatic N) is 4. The van der Waals surface area contributed by atoms with E-state index >= 15 is 0 Å². The minimum absolute atomic E-state index is 0.239. The minimum Gasteiger partial charge on any atom is -0.346 e. The van der Waals surface area contributed by atoms with Crippen LogP contribution >= 0.6 is 0 Å². The van der Waals surface area contributed by atoms with Gasteiger partial charge in [-0.1, -0.05) is 0 Å². The molecule has 154 valence electrons. The van der Waals surface area contributed by atoms with Gasteiger partial charge in [0, 0.05) is 45.1 Å². The Kier molecular flexibility index (Phi) is 5.55. The maximum Gasteiger partial charge on any atom is 0.453 e. The van der Waals surface area contributed by atoms with Gasteiger partial charge in [-0.3, -0.25) is 9.80 Å². The third-order valence-corrected chi connectivity index (χ3v) is 5.02. The zero-order chi connectivity index (χ0) is 20.5. The predicted octanol–water partition coefficient (Wildman–Crippen LogP) is 3.57. The van der Waals surface area contributed by atoms with Crippen molar-refractivity contribution in [1.29, 1.82) is 0 Å². The van der Waals surface area contributed by atoms with Gasteiger partial charge in [0.05, 0.1) is 5.39 Å². The van der Waals surface area contributed by atoms with Crippen molar-refractivity contribution in [3.8, 4) is 0 Å². The molecule has 0 saturated carbocycles. The summed E-state index contributed by atoms with van der Waals surface area (Å²) in [6.07, 6.45) is -3.75. The van der Waals surface area contributed by atoms with Gasteiger partial charge in [0.2, 0.25) is 0 Å². The van der Waals surface area contributed by atoms with Crippen molar-refractivity contribution in [2.24, 2.45) is 5.92 Å². The average molecular weight is 405 g/mol. The van der Waals surface area contributed by atoms with Gasteiger partial charge >= 0.3 is 12.1 Å². The topological polar surface area (TPSA) is 65.1 Å². The van der Waals surface area contributed by atoms with Gasteiger partial charge in [0.25, 0.3) is 0 Å². The van der Waals surface area contributed by atoms with Crippen LogP contribution in [0.3, 0.4) is 0 Å². The van der Waals surface area contributed by atoms with Crippen LogP contribution in [0.25, 0.3) is 11.0 Å². The van der Waals surface area contributed by atoms with Gasteiger partial charge in [-0.25, -0.2) is 15.0 Å². The second-order valence-electron chi connectivity index (χ2n) is 6.88. The molecule has 0 spiro atoms. The molecule has 2 aromatic rings. The van der Waals surface area contributed by atoms with E-state index in [1.807, 2.05) is 11.1 Å². The predicted molar refractivity (Wildman–Crippen MR) is 91.8 cm³/mol. The van der Waals surface area contributed by atoms with Gasteiger partial charge in [-0.2, -0.15) is 22.0 Å². The molecule has 11 heteroatoms. The van der Waals surface area contributed by atoms with Crippen LogP contribution in [0.4, 0.5) is 27.8 Å². The van der Waals surface area contributed by atoms with E-state index in [4.69, 9.17) is 0 Å². The molecule has 1 N–H and O–H groups in total. The summed E-state index contributed by atoms with van der Waals surface area (Å²) < 4.78 is 63.1. The molecular weight excluding hydrogens is 385 g/mol. The number of hydrazine groups is 1. The minimum atomic E-state index is -5.64. The Balaban J connectivity index is 1.65. The summed E-state index contributed by atoms with van der Waals surface area (Å²) in [6, 6.07) is 1.81. The Morgan fingerprint density at radius 1 is 1.32 bits per heavy atom. The molecule has 0 amide bonds. The van der Waals surface area contributed by atoms with Gasteiger partial charge in [-0.05, 0) is 18.9 Å². The fraction of sp³-hybridized carbons (Fsp3) is 0.588. The first-order chi connectivity index (χ1) is 13.1. The molecule has 0 bridgehead atoms. The molecule has 1 fully saturated rings. The van der Waals surface area contributed by atoms with E-state index in [1.54, 1.807) is 18.3 Å². The van der Waals surface area contributed by atoms with Gasteiger partial charge in [0.1, 0.15) is 17.8 Å². The van der Waals surface area contributed by atoms with Crippen molar-refractivity contribution < 1.29 is 26.7 Å². The number of Topliss-reactive ketones (excluding diaryl/α,β-unsaturated/α-hetero) is 1. The maximum atomic E-state index is 13.1. The molecule has 0 unspecified atom stereocenters. The van der Waals surface area contributed by atoms with E-state index in [2.05, 4.69) is 15.0 Å². The van der Waals surface area contributed by atoms with Crippen LogP contribution in [0.5, 0.6) is 0 Å². The zero-order valence-corrected chi connectivity index (χ0v) is 15.1. The van der Waals surface area contributed by atoms with Crippen molar-refractivity contribution in [3.05, 3.63) is 18.6 Å². The number of rotatable bonds is 6. The molecule has 1 saturated heterocycles. The lowest BCUT2D eigenvalue weighted by atomic mass is 9.91. The summed E-state index contributed by atoms with van der Waals surface area (Å²) in [5.41, 5.74) is 0.649. The Bertz CT molecular complexity index is 837. The third-order valence-electron chi connectivity index (χ3n) is 5.02. The van der Waals surface area contributed by atoms with E-state index in [0.717, 1.165) is 5.39 Å². The van der Waals surface area contributed by atoms with Crippen molar-refractivity contribution in [2.75, 3.05) is 25.1 Å². The van der Waals surface area contributed by atoms with Gasteiger partial charge in [0.15, 0.2) is 5.82 Å². The van der Waals surface area contributed by atoms with Crippen molar-refractivity contribution in [3.63, 3.8) is 0 Å². The second kappa shape index (κ2) is 7.61. The van der Waals surface area contributed by atoms with Crippen LogP contribution in [0, 0.1) is 5.92 Å². The van der Waals surface area contributed by atoms with E-state index < -0.39 is 36.6 Å². The highest BCUT2D eigenvalue weighted by Crippen LogP contribution is 2.39. The lowest BCUT2D eigenvalue weighted by Gasteiger charge is -2.38. The number of aromatic nitrogens is 3. The van der Waals surface area contributed by atoms with E-state index in [-0.39, 0.29) is 6.54 Å². The molecule has 0 aliphatic carbocycles. The monoisotopic (exact) mass is 405 g/mol. The number of hydrogen-bond donors (Lipinski definition) is 1. The standard InChI is InChI=1S/C17H20F5N5O/c1-26(15-12-5-7-23-14(12)24-10-25-15)27-8-2-3-11(9-27)13(28)4-6-16(18,19)17(20,21)22/h5,7,10-11H,2-4,6,8-9H2,1H3,(H,23,24,25)/t11-/m0/s1. The number of carbonyl (C=O) groups is 1. The first kappa shape index (κ1) is 20.4. The van der Waals surface area contributed by atoms with E-state index in [0.29, 0.717) is 30.9 Å². The number of aromatic amines is 1. The SMILES string of the molecule is CN(c1ncnc2[nH]ccc12)N1CCC[C@H](C(=O)CCC(F)(F)C(F)(F)F)C1. The van der Waals surface area contributed by atoms with Crippen molar-refractivity contribution in [2.45, 2.75) is 37.8 Å². The number of alkyl halides is 5. The molecule has 1 aliphatic heterocycles. The molecule has 2 aromatic heterocycles. The number of piperidine rings is 1. The van der Waals surface area contributed by atoms with Crippen LogP contribution in [-0.4, -0.2) is 58.0 Å². The Morgan fingerprint density at radius 2 is 2.07 bits per heavy atom. The summed E-state index contributed by atoms with van der Waals surface area (Å²) in [5.74, 6) is -5.41. The number of carbonyl (C=O) groups excluding carboxylic acids is 1.